The molecule has 1 fully saturated rings. The van der Waals surface area contributed by atoms with Gasteiger partial charge in [-0.25, -0.2) is 0 Å². The minimum absolute atomic E-state index is 0.0320. The fourth-order valence-corrected chi connectivity index (χ4v) is 5.20. The summed E-state index contributed by atoms with van der Waals surface area (Å²) in [6, 6.07) is 14.1. The van der Waals surface area contributed by atoms with Crippen molar-refractivity contribution < 1.29 is 4.74 Å². The van der Waals surface area contributed by atoms with Gasteiger partial charge in [-0.1, -0.05) is 46.6 Å². The Bertz CT molecular complexity index is 1090. The second kappa shape index (κ2) is 8.74. The molecule has 1 atom stereocenters. The van der Waals surface area contributed by atoms with Crippen molar-refractivity contribution in [2.75, 3.05) is 0 Å². The molecule has 2 aromatic carbocycles. The number of nitrogens with two attached hydrogens (primary N) is 1. The van der Waals surface area contributed by atoms with Gasteiger partial charge in [0, 0.05) is 27.5 Å². The molecule has 6 heteroatoms. The molecule has 0 aliphatic heterocycles. The summed E-state index contributed by atoms with van der Waals surface area (Å²) in [6.07, 6.45) is 6.42. The molecule has 4 rings (SSSR count). The molecular weight excluding hydrogens is 464 g/mol. The van der Waals surface area contributed by atoms with Crippen molar-refractivity contribution in [2.24, 2.45) is 5.73 Å². The van der Waals surface area contributed by atoms with E-state index >= 15 is 0 Å². The molecule has 30 heavy (non-hydrogen) atoms. The molecule has 0 amide bonds. The number of pyridine rings is 1. The van der Waals surface area contributed by atoms with Gasteiger partial charge in [0.25, 0.3) is 5.56 Å². The predicted octanol–water partition coefficient (Wildman–Crippen LogP) is 5.94. The topological polar surface area (TPSA) is 68.1 Å². The summed E-state index contributed by atoms with van der Waals surface area (Å²) in [6.45, 7) is 2.16. The van der Waals surface area contributed by atoms with E-state index in [1.54, 1.807) is 12.3 Å². The lowest BCUT2D eigenvalue weighted by molar-refractivity contribution is 0.104. The Hall–Kier alpha value is -1.82. The van der Waals surface area contributed by atoms with Crippen LogP contribution in [0.25, 0.3) is 10.8 Å². The molecule has 1 aliphatic rings. The predicted molar refractivity (Wildman–Crippen MR) is 127 cm³/mol. The Morgan fingerprint density at radius 1 is 1.23 bits per heavy atom. The molecule has 1 unspecified atom stereocenters. The van der Waals surface area contributed by atoms with Crippen LogP contribution in [0.2, 0.25) is 5.02 Å². The van der Waals surface area contributed by atoms with Crippen LogP contribution in [0.15, 0.2) is 57.9 Å². The van der Waals surface area contributed by atoms with Gasteiger partial charge in [0.1, 0.15) is 5.75 Å². The van der Waals surface area contributed by atoms with E-state index in [1.165, 1.54) is 5.56 Å². The number of fused-ring (bicyclic) bond motifs is 1. The number of aromatic nitrogens is 1. The van der Waals surface area contributed by atoms with Gasteiger partial charge in [-0.15, -0.1) is 0 Å². The molecule has 0 spiro atoms. The van der Waals surface area contributed by atoms with Crippen LogP contribution >= 0.6 is 27.5 Å². The lowest BCUT2D eigenvalue weighted by Crippen LogP contribution is -2.48. The zero-order chi connectivity index (χ0) is 21.3. The van der Waals surface area contributed by atoms with Crippen LogP contribution < -0.4 is 16.0 Å². The van der Waals surface area contributed by atoms with Crippen LogP contribution in [0.5, 0.6) is 5.75 Å². The number of H-pyrrole nitrogens is 1. The van der Waals surface area contributed by atoms with Gasteiger partial charge in [-0.05, 0) is 73.4 Å². The quantitative estimate of drug-likeness (QED) is 0.466. The van der Waals surface area contributed by atoms with E-state index in [-0.39, 0.29) is 23.1 Å². The number of nitrogens with one attached hydrogen (secondary N) is 1. The van der Waals surface area contributed by atoms with E-state index in [1.807, 2.05) is 12.1 Å². The largest absolute Gasteiger partial charge is 0.489 e. The van der Waals surface area contributed by atoms with Crippen molar-refractivity contribution in [3.8, 4) is 5.75 Å². The van der Waals surface area contributed by atoms with Crippen molar-refractivity contribution in [2.45, 2.75) is 56.6 Å². The fourth-order valence-electron chi connectivity index (χ4n) is 4.73. The molecule has 4 nitrogen and oxygen atoms in total. The third kappa shape index (κ3) is 4.03. The SMILES string of the molecule is CCC(N)[C@]1(c2ccc(Br)cc2)CC[C@H](Oc2cc3cc[nH]c(=O)c3cc2Cl)CC1. The molecular formula is C24H26BrClN2O2. The summed E-state index contributed by atoms with van der Waals surface area (Å²) in [7, 11) is 0. The molecule has 1 aromatic heterocycles. The lowest BCUT2D eigenvalue weighted by atomic mass is 9.64. The van der Waals surface area contributed by atoms with Crippen molar-refractivity contribution in [3.05, 3.63) is 74.1 Å². The molecule has 0 radical (unpaired) electrons. The summed E-state index contributed by atoms with van der Waals surface area (Å²) < 4.78 is 7.38. The van der Waals surface area contributed by atoms with E-state index < -0.39 is 0 Å². The highest BCUT2D eigenvalue weighted by molar-refractivity contribution is 9.10. The Labute approximate surface area is 189 Å². The van der Waals surface area contributed by atoms with Gasteiger partial charge < -0.3 is 15.5 Å². The van der Waals surface area contributed by atoms with Crippen molar-refractivity contribution in [1.29, 1.82) is 0 Å². The number of hydrogen-bond donors (Lipinski definition) is 2. The van der Waals surface area contributed by atoms with Crippen molar-refractivity contribution in [1.82, 2.24) is 4.98 Å². The Morgan fingerprint density at radius 3 is 2.60 bits per heavy atom. The number of aromatic amines is 1. The standard InChI is InChI=1S/C24H26BrClN2O2/c1-2-22(27)24(16-3-5-17(25)6-4-16)10-7-18(8-11-24)30-21-13-15-9-12-28-23(29)19(15)14-20(21)26/h3-6,9,12-14,18,22H,2,7-8,10-11,27H2,1H3,(H,28,29)/t18-,22?,24+. The summed E-state index contributed by atoms with van der Waals surface area (Å²) in [5.74, 6) is 0.635. The first kappa shape index (κ1) is 21.4. The van der Waals surface area contributed by atoms with Crippen molar-refractivity contribution >= 4 is 38.3 Å². The van der Waals surface area contributed by atoms with Gasteiger partial charge in [-0.2, -0.15) is 0 Å². The average Bonchev–Trinajstić information content (AvgIpc) is 2.76. The molecule has 0 saturated heterocycles. The maximum Gasteiger partial charge on any atom is 0.255 e. The summed E-state index contributed by atoms with van der Waals surface area (Å²) in [4.78, 5) is 14.7. The zero-order valence-electron chi connectivity index (χ0n) is 17.0. The van der Waals surface area contributed by atoms with Crippen molar-refractivity contribution in [3.63, 3.8) is 0 Å². The van der Waals surface area contributed by atoms with Gasteiger partial charge in [0.2, 0.25) is 0 Å². The fraction of sp³-hybridized carbons (Fsp3) is 0.375. The van der Waals surface area contributed by atoms with Gasteiger partial charge >= 0.3 is 0 Å². The summed E-state index contributed by atoms with van der Waals surface area (Å²) in [5, 5.41) is 1.86. The molecule has 3 aromatic rings. The average molecular weight is 490 g/mol. The van der Waals surface area contributed by atoms with E-state index in [4.69, 9.17) is 22.1 Å². The molecule has 3 N–H and O–H groups in total. The number of hydrogen-bond acceptors (Lipinski definition) is 3. The first-order chi connectivity index (χ1) is 14.4. The lowest BCUT2D eigenvalue weighted by Gasteiger charge is -2.44. The second-order valence-corrected chi connectivity index (χ2v) is 9.49. The third-order valence-electron chi connectivity index (χ3n) is 6.51. The summed E-state index contributed by atoms with van der Waals surface area (Å²) in [5.41, 5.74) is 7.77. The van der Waals surface area contributed by atoms with Crippen LogP contribution in [0.3, 0.4) is 0 Å². The van der Waals surface area contributed by atoms with Crippen LogP contribution in [-0.2, 0) is 5.41 Å². The number of ether oxygens (including phenoxy) is 1. The van der Waals surface area contributed by atoms with E-state index in [9.17, 15) is 4.79 Å². The highest BCUT2D eigenvalue weighted by atomic mass is 79.9. The first-order valence-corrected chi connectivity index (χ1v) is 11.6. The third-order valence-corrected chi connectivity index (χ3v) is 7.34. The zero-order valence-corrected chi connectivity index (χ0v) is 19.3. The highest BCUT2D eigenvalue weighted by Crippen LogP contribution is 2.44. The van der Waals surface area contributed by atoms with E-state index in [0.717, 1.165) is 42.0 Å². The van der Waals surface area contributed by atoms with Gasteiger partial charge in [0.15, 0.2) is 0 Å². The monoisotopic (exact) mass is 488 g/mol. The molecule has 1 aliphatic carbocycles. The Kier molecular flexibility index (Phi) is 6.24. The van der Waals surface area contributed by atoms with E-state index in [2.05, 4.69) is 52.1 Å². The summed E-state index contributed by atoms with van der Waals surface area (Å²) >= 11 is 9.96. The molecule has 1 saturated carbocycles. The minimum Gasteiger partial charge on any atom is -0.489 e. The maximum atomic E-state index is 12.0. The Balaban J connectivity index is 1.55. The Morgan fingerprint density at radius 2 is 1.93 bits per heavy atom. The molecule has 0 bridgehead atoms. The highest BCUT2D eigenvalue weighted by Gasteiger charge is 2.41. The maximum absolute atomic E-state index is 12.0. The van der Waals surface area contributed by atoms with Crippen LogP contribution in [0, 0.1) is 0 Å². The number of benzene rings is 2. The normalized spacial score (nSPS) is 22.7. The minimum atomic E-state index is -0.147. The first-order valence-electron chi connectivity index (χ1n) is 10.4. The number of halogens is 2. The smallest absolute Gasteiger partial charge is 0.255 e. The van der Waals surface area contributed by atoms with Crippen LogP contribution in [0.1, 0.15) is 44.6 Å². The van der Waals surface area contributed by atoms with E-state index in [0.29, 0.717) is 16.2 Å². The van der Waals surface area contributed by atoms with Gasteiger partial charge in [-0.3, -0.25) is 4.79 Å². The second-order valence-electron chi connectivity index (χ2n) is 8.17. The number of rotatable bonds is 5. The molecule has 1 heterocycles. The van der Waals surface area contributed by atoms with Crippen LogP contribution in [-0.4, -0.2) is 17.1 Å². The van der Waals surface area contributed by atoms with Crippen LogP contribution in [0.4, 0.5) is 0 Å². The molecule has 158 valence electrons. The van der Waals surface area contributed by atoms with Gasteiger partial charge in [0.05, 0.1) is 11.1 Å².